The molecule has 4 atom stereocenters. The number of amides is 2. The van der Waals surface area contributed by atoms with E-state index in [2.05, 4.69) is 22.2 Å². The fourth-order valence-corrected chi connectivity index (χ4v) is 4.96. The van der Waals surface area contributed by atoms with Crippen molar-refractivity contribution < 1.29 is 23.9 Å². The number of carbonyl (C=O) groups excluding carboxylic acids is 3. The molecule has 3 fully saturated rings. The molecule has 1 N–H and O–H groups in total. The van der Waals surface area contributed by atoms with Gasteiger partial charge in [0, 0.05) is 44.5 Å². The number of nitrogens with zero attached hydrogens (tertiary/aromatic N) is 3. The molecule has 0 spiro atoms. The van der Waals surface area contributed by atoms with Crippen molar-refractivity contribution in [2.75, 3.05) is 58.4 Å². The first kappa shape index (κ1) is 36.9. The van der Waals surface area contributed by atoms with Gasteiger partial charge in [-0.1, -0.05) is 20.8 Å². The third-order valence-electron chi connectivity index (χ3n) is 7.11. The number of rotatable bonds is 5. The number of hydrogen-bond acceptors (Lipinski definition) is 7. The van der Waals surface area contributed by atoms with Gasteiger partial charge in [0.1, 0.15) is 30.9 Å². The summed E-state index contributed by atoms with van der Waals surface area (Å²) in [6, 6.07) is 6.04. The van der Waals surface area contributed by atoms with E-state index in [1.165, 1.54) is 4.90 Å². The van der Waals surface area contributed by atoms with Crippen LogP contribution in [0.5, 0.6) is 0 Å². The number of fused-ring (bicyclic) bond motifs is 1. The third kappa shape index (κ3) is 7.76. The van der Waals surface area contributed by atoms with E-state index in [0.29, 0.717) is 5.56 Å². The Hall–Kier alpha value is -1.09. The van der Waals surface area contributed by atoms with E-state index in [0.717, 1.165) is 31.9 Å². The van der Waals surface area contributed by atoms with Crippen LogP contribution in [0.1, 0.15) is 31.1 Å². The summed E-state index contributed by atoms with van der Waals surface area (Å²) in [7, 11) is 3.67. The highest BCUT2D eigenvalue weighted by Crippen LogP contribution is 2.32. The Balaban J connectivity index is 0.00000342. The first-order valence-corrected chi connectivity index (χ1v) is 11.9. The number of likely N-dealkylation sites (tertiary alicyclic amines) is 1. The molecular formula is C25H44N4O5S4. The maximum atomic E-state index is 13.6. The molecule has 13 heteroatoms. The molecule has 1 aromatic rings. The summed E-state index contributed by atoms with van der Waals surface area (Å²) in [5.41, 5.74) is 1.02. The number of hydrogen-bond donors (Lipinski definition) is 1. The van der Waals surface area contributed by atoms with Crippen LogP contribution in [0, 0.1) is 5.41 Å². The predicted molar refractivity (Wildman–Crippen MR) is 169 cm³/mol. The average Bonchev–Trinajstić information content (AvgIpc) is 3.37. The third-order valence-corrected chi connectivity index (χ3v) is 7.11. The highest BCUT2D eigenvalue weighted by atomic mass is 32.1. The van der Waals surface area contributed by atoms with Gasteiger partial charge in [-0.25, -0.2) is 0 Å². The molecule has 0 aliphatic carbocycles. The van der Waals surface area contributed by atoms with Crippen molar-refractivity contribution in [3.63, 3.8) is 0 Å². The van der Waals surface area contributed by atoms with Crippen LogP contribution in [-0.4, -0.2) is 105 Å². The summed E-state index contributed by atoms with van der Waals surface area (Å²) >= 11 is 0. The largest absolute Gasteiger partial charge is 0.377 e. The van der Waals surface area contributed by atoms with Gasteiger partial charge in [-0.3, -0.25) is 14.4 Å². The number of piperazine rings is 1. The molecular weight excluding hydrogens is 565 g/mol. The number of carbonyl (C=O) groups is 3. The normalized spacial score (nSPS) is 23.7. The predicted octanol–water partition coefficient (Wildman–Crippen LogP) is 1.23. The Morgan fingerprint density at radius 1 is 1.03 bits per heavy atom. The molecule has 4 rings (SSSR count). The molecule has 3 heterocycles. The Bertz CT molecular complexity index is 939. The summed E-state index contributed by atoms with van der Waals surface area (Å²) < 4.78 is 11.1. The maximum absolute atomic E-state index is 13.6. The van der Waals surface area contributed by atoms with Crippen molar-refractivity contribution >= 4 is 77.3 Å². The van der Waals surface area contributed by atoms with Crippen molar-refractivity contribution in [3.8, 4) is 0 Å². The van der Waals surface area contributed by atoms with E-state index in [1.54, 1.807) is 19.2 Å². The Morgan fingerprint density at radius 3 is 2.13 bits per heavy atom. The number of nitrogens with one attached hydrogen (secondary N) is 1. The molecule has 3 aliphatic rings. The van der Waals surface area contributed by atoms with Gasteiger partial charge < -0.3 is 29.5 Å². The summed E-state index contributed by atoms with van der Waals surface area (Å²) in [6.45, 7) is 9.86. The van der Waals surface area contributed by atoms with Gasteiger partial charge in [-0.2, -0.15) is 54.0 Å². The van der Waals surface area contributed by atoms with Gasteiger partial charge in [-0.05, 0) is 36.7 Å². The van der Waals surface area contributed by atoms with Crippen molar-refractivity contribution in [2.24, 2.45) is 5.41 Å². The van der Waals surface area contributed by atoms with Crippen LogP contribution in [0.2, 0.25) is 0 Å². The lowest BCUT2D eigenvalue weighted by Gasteiger charge is -2.35. The van der Waals surface area contributed by atoms with Crippen molar-refractivity contribution in [2.45, 2.75) is 45.1 Å². The van der Waals surface area contributed by atoms with Crippen LogP contribution < -0.4 is 10.2 Å². The highest BCUT2D eigenvalue weighted by Gasteiger charge is 2.54. The summed E-state index contributed by atoms with van der Waals surface area (Å²) in [5, 5.41) is 2.94. The minimum atomic E-state index is -0.804. The molecule has 0 saturated carbocycles. The number of benzene rings is 1. The van der Waals surface area contributed by atoms with Crippen LogP contribution in [0.4, 0.5) is 5.69 Å². The van der Waals surface area contributed by atoms with Crippen molar-refractivity contribution in [1.29, 1.82) is 0 Å². The molecule has 218 valence electrons. The molecule has 0 unspecified atom stereocenters. The van der Waals surface area contributed by atoms with E-state index in [1.807, 2.05) is 32.9 Å². The molecule has 3 saturated heterocycles. The molecule has 2 amide bonds. The van der Waals surface area contributed by atoms with Crippen LogP contribution in [0.3, 0.4) is 0 Å². The number of Topliss-reactive ketones (excluding diaryl/α,β-unsaturated/α-hetero) is 1. The fraction of sp³-hybridized carbons (Fsp3) is 0.640. The molecule has 0 aromatic heterocycles. The zero-order valence-corrected chi connectivity index (χ0v) is 26.7. The van der Waals surface area contributed by atoms with Crippen molar-refractivity contribution in [1.82, 2.24) is 15.1 Å². The summed E-state index contributed by atoms with van der Waals surface area (Å²) in [4.78, 5) is 45.4. The topological polar surface area (TPSA) is 91.4 Å². The Labute approximate surface area is 254 Å². The van der Waals surface area contributed by atoms with Gasteiger partial charge >= 0.3 is 0 Å². The maximum Gasteiger partial charge on any atom is 0.251 e. The molecule has 38 heavy (non-hydrogen) atoms. The fourth-order valence-electron chi connectivity index (χ4n) is 4.96. The second-order valence-corrected chi connectivity index (χ2v) is 10.6. The minimum Gasteiger partial charge on any atom is -0.377 e. The summed E-state index contributed by atoms with van der Waals surface area (Å²) in [6.07, 6.45) is -0.821. The van der Waals surface area contributed by atoms with E-state index >= 15 is 0 Å². The van der Waals surface area contributed by atoms with Crippen LogP contribution in [0.15, 0.2) is 24.3 Å². The minimum absolute atomic E-state index is 0. The smallest absolute Gasteiger partial charge is 0.251 e. The standard InChI is InChI=1S/C25H36N4O5.4H2S/c1-25(2,3)22(24(32)29-14-19(33-5)21-20(29)18(30)15-34-21)26-23(31)16-6-8-17(9-7-16)28-12-10-27(4)11-13-28;;;;/h6-9,19-22H,10-15H2,1-5H3,(H,26,31);4*1H2/t19-,20+,21+,22+;;;;/m0..../s1. The Morgan fingerprint density at radius 2 is 1.61 bits per heavy atom. The average molecular weight is 609 g/mol. The van der Waals surface area contributed by atoms with Gasteiger partial charge in [0.05, 0.1) is 6.54 Å². The van der Waals surface area contributed by atoms with E-state index in [-0.39, 0.29) is 90.8 Å². The molecule has 9 nitrogen and oxygen atoms in total. The number of methoxy groups -OCH3 is 1. The lowest BCUT2D eigenvalue weighted by atomic mass is 9.85. The first-order chi connectivity index (χ1) is 16.1. The molecule has 0 radical (unpaired) electrons. The van der Waals surface area contributed by atoms with Gasteiger partial charge in [-0.15, -0.1) is 0 Å². The quantitative estimate of drug-likeness (QED) is 0.538. The molecule has 3 aliphatic heterocycles. The SMILES string of the molecule is CO[C@H]1CN(C(=O)[C@@H](NC(=O)c2ccc(N3CCN(C)CC3)cc2)C(C)(C)C)[C@@H]2C(=O)CO[C@H]12.S.S.S.S. The second kappa shape index (κ2) is 15.1. The van der Waals surface area contributed by atoms with E-state index < -0.39 is 23.6 Å². The second-order valence-electron chi connectivity index (χ2n) is 10.6. The number of ether oxygens (including phenoxy) is 2. The number of ketones is 1. The molecule has 1 aromatic carbocycles. The van der Waals surface area contributed by atoms with Gasteiger partial charge in [0.25, 0.3) is 5.91 Å². The summed E-state index contributed by atoms with van der Waals surface area (Å²) in [5.74, 6) is -0.731. The van der Waals surface area contributed by atoms with Crippen LogP contribution >= 0.6 is 54.0 Å². The first-order valence-electron chi connectivity index (χ1n) is 11.9. The molecule has 0 bridgehead atoms. The number of likely N-dealkylation sites (N-methyl/N-ethyl adjacent to an activating group) is 1. The lowest BCUT2D eigenvalue weighted by Crippen LogP contribution is -2.57. The monoisotopic (exact) mass is 608 g/mol. The van der Waals surface area contributed by atoms with Crippen molar-refractivity contribution in [3.05, 3.63) is 29.8 Å². The number of anilines is 1. The van der Waals surface area contributed by atoms with Gasteiger partial charge in [0.2, 0.25) is 5.91 Å². The van der Waals surface area contributed by atoms with E-state index in [4.69, 9.17) is 9.47 Å². The lowest BCUT2D eigenvalue weighted by molar-refractivity contribution is -0.140. The van der Waals surface area contributed by atoms with Gasteiger partial charge in [0.15, 0.2) is 5.78 Å². The zero-order chi connectivity index (χ0) is 24.6. The highest BCUT2D eigenvalue weighted by molar-refractivity contribution is 7.59. The van der Waals surface area contributed by atoms with E-state index in [9.17, 15) is 14.4 Å². The Kier molecular flexibility index (Phi) is 14.6. The van der Waals surface area contributed by atoms with Crippen LogP contribution in [0.25, 0.3) is 0 Å². The zero-order valence-electron chi connectivity index (χ0n) is 22.7. The van der Waals surface area contributed by atoms with Crippen LogP contribution in [-0.2, 0) is 19.1 Å².